The second-order valence-corrected chi connectivity index (χ2v) is 15.8. The number of hydrogen-bond acceptors (Lipinski definition) is 10. The number of ether oxygens (including phenoxy) is 1. The van der Waals surface area contributed by atoms with Gasteiger partial charge < -0.3 is 25.2 Å². The van der Waals surface area contributed by atoms with Crippen LogP contribution in [0.2, 0.25) is 0 Å². The van der Waals surface area contributed by atoms with Gasteiger partial charge in [-0.15, -0.1) is 0 Å². The van der Waals surface area contributed by atoms with Crippen molar-refractivity contribution in [2.24, 2.45) is 0 Å². The fourth-order valence-corrected chi connectivity index (χ4v) is 8.78. The lowest BCUT2D eigenvalue weighted by molar-refractivity contribution is -0.133. The molecule has 1 unspecified atom stereocenters. The third-order valence-corrected chi connectivity index (χ3v) is 12.0. The summed E-state index contributed by atoms with van der Waals surface area (Å²) in [4.78, 5) is 62.0. The molecule has 0 bridgehead atoms. The van der Waals surface area contributed by atoms with E-state index in [1.165, 1.54) is 16.7 Å². The molecule has 2 aromatic carbocycles. The van der Waals surface area contributed by atoms with Crippen molar-refractivity contribution in [3.05, 3.63) is 101 Å². The lowest BCUT2D eigenvalue weighted by Gasteiger charge is -2.42. The second kappa shape index (κ2) is 17.4. The van der Waals surface area contributed by atoms with Crippen LogP contribution in [-0.4, -0.2) is 92.7 Å². The number of imide groups is 1. The number of nitrogens with one attached hydrogen (secondary N) is 3. The molecule has 13 nitrogen and oxygen atoms in total. The molecule has 3 N–H and O–H groups in total. The first-order valence-electron chi connectivity index (χ1n) is 20.3. The van der Waals surface area contributed by atoms with Crippen LogP contribution >= 0.6 is 0 Å². The Balaban J connectivity index is 0.760. The van der Waals surface area contributed by atoms with Crippen molar-refractivity contribution in [2.75, 3.05) is 36.8 Å². The van der Waals surface area contributed by atoms with Crippen LogP contribution < -0.4 is 21.5 Å². The van der Waals surface area contributed by atoms with Crippen molar-refractivity contribution in [3.63, 3.8) is 0 Å². The first kappa shape index (κ1) is 39.1. The van der Waals surface area contributed by atoms with E-state index in [4.69, 9.17) is 4.74 Å². The predicted octanol–water partition coefficient (Wildman–Crippen LogP) is 5.99. The number of aromatic nitrogens is 3. The van der Waals surface area contributed by atoms with Crippen LogP contribution in [0.5, 0.6) is 0 Å². The van der Waals surface area contributed by atoms with E-state index in [2.05, 4.69) is 30.8 Å². The highest BCUT2D eigenvalue weighted by Crippen LogP contribution is 2.34. The monoisotopic (exact) mass is 794 g/mol. The Kier molecular flexibility index (Phi) is 11.8. The Bertz CT molecular complexity index is 2200. The van der Waals surface area contributed by atoms with Crippen LogP contribution in [0.3, 0.4) is 0 Å². The van der Waals surface area contributed by atoms with Crippen molar-refractivity contribution in [1.29, 1.82) is 0 Å². The largest absolute Gasteiger partial charge is 0.446 e. The van der Waals surface area contributed by atoms with Crippen molar-refractivity contribution >= 4 is 29.5 Å². The molecular weight excluding hydrogens is 747 g/mol. The third-order valence-electron chi connectivity index (χ3n) is 12.0. The summed E-state index contributed by atoms with van der Waals surface area (Å²) in [6.45, 7) is 2.99. The van der Waals surface area contributed by atoms with Crippen LogP contribution in [0.1, 0.15) is 75.7 Å². The Morgan fingerprint density at radius 1 is 0.810 bits per heavy atom. The van der Waals surface area contributed by atoms with Crippen LogP contribution in [0.15, 0.2) is 77.9 Å². The summed E-state index contributed by atoms with van der Waals surface area (Å²) >= 11 is 0. The minimum atomic E-state index is -0.564. The zero-order valence-corrected chi connectivity index (χ0v) is 32.2. The van der Waals surface area contributed by atoms with E-state index >= 15 is 4.39 Å². The lowest BCUT2D eigenvalue weighted by atomic mass is 9.87. The van der Waals surface area contributed by atoms with Gasteiger partial charge in [-0.3, -0.25) is 24.3 Å². The standard InChI is InChI=1S/C43H48F2N8O5/c44-35-25-30(47-37-13-14-38(54)49-41(37)56)9-12-34(35)27-15-20-51(21-16-27)31-17-22-52(23-18-31)43(57)58-33-10-7-29(8-11-33)48-42-46-26-36(45)40(50-42)28-4-3-5-32(24-28)53-19-2-1-6-39(53)55/h1-6,9,12,19,24-27,29,31,33,37,47H,7-8,10-11,13-18,20-23H2,(H,46,48,50)(H,49,54,56)/t29-,33-,37?. The summed E-state index contributed by atoms with van der Waals surface area (Å²) in [5.74, 6) is -1.10. The van der Waals surface area contributed by atoms with Gasteiger partial charge in [-0.25, -0.2) is 23.5 Å². The van der Waals surface area contributed by atoms with Crippen molar-refractivity contribution < 1.29 is 27.9 Å². The van der Waals surface area contributed by atoms with E-state index in [0.29, 0.717) is 66.8 Å². The number of likely N-dealkylation sites (tertiary alicyclic amines) is 2. The Hall–Kier alpha value is -5.70. The summed E-state index contributed by atoms with van der Waals surface area (Å²) in [5.41, 5.74) is 2.30. The number of hydrogen-bond donors (Lipinski definition) is 3. The van der Waals surface area contributed by atoms with E-state index in [1.807, 2.05) is 17.0 Å². The van der Waals surface area contributed by atoms with Crippen molar-refractivity contribution in [1.82, 2.24) is 29.7 Å². The van der Waals surface area contributed by atoms with Gasteiger partial charge in [0.2, 0.25) is 17.8 Å². The van der Waals surface area contributed by atoms with Gasteiger partial charge in [0.1, 0.15) is 23.7 Å². The zero-order chi connectivity index (χ0) is 40.2. The van der Waals surface area contributed by atoms with Gasteiger partial charge in [0, 0.05) is 60.8 Å². The van der Waals surface area contributed by atoms with Gasteiger partial charge in [-0.2, -0.15) is 0 Å². The molecule has 58 heavy (non-hydrogen) atoms. The first-order chi connectivity index (χ1) is 28.2. The number of nitrogens with zero attached hydrogens (tertiary/aromatic N) is 5. The molecule has 3 aliphatic heterocycles. The van der Waals surface area contributed by atoms with Gasteiger partial charge in [0.25, 0.3) is 5.56 Å². The Labute approximate surface area is 335 Å². The molecule has 4 fully saturated rings. The average molecular weight is 795 g/mol. The quantitative estimate of drug-likeness (QED) is 0.173. The molecule has 3 saturated heterocycles. The van der Waals surface area contributed by atoms with Gasteiger partial charge in [-0.05, 0) is 113 Å². The number of amides is 3. The van der Waals surface area contributed by atoms with E-state index in [1.54, 1.807) is 42.6 Å². The topological polar surface area (TPSA) is 151 Å². The SMILES string of the molecule is O=C1CCC(Nc2ccc(C3CCN(C4CCN(C(=O)O[C@H]5CC[C@H](Nc6ncc(F)c(-c7cccc(-n8ccccc8=O)c7)n6)CC5)CC4)CC3)c(F)c2)C(=O)N1. The highest BCUT2D eigenvalue weighted by Gasteiger charge is 2.33. The highest BCUT2D eigenvalue weighted by atomic mass is 19.1. The number of anilines is 2. The molecule has 1 atom stereocenters. The van der Waals surface area contributed by atoms with Gasteiger partial charge in [0.05, 0.1) is 6.20 Å². The molecule has 5 heterocycles. The lowest BCUT2D eigenvalue weighted by Crippen LogP contribution is -2.49. The predicted molar refractivity (Wildman–Crippen MR) is 214 cm³/mol. The van der Waals surface area contributed by atoms with Crippen molar-refractivity contribution in [3.8, 4) is 16.9 Å². The van der Waals surface area contributed by atoms with Gasteiger partial charge in [0.15, 0.2) is 5.82 Å². The molecule has 304 valence electrons. The number of carbonyl (C=O) groups excluding carboxylic acids is 3. The zero-order valence-electron chi connectivity index (χ0n) is 32.2. The molecular formula is C43H48F2N8O5. The molecule has 4 aromatic rings. The van der Waals surface area contributed by atoms with E-state index in [9.17, 15) is 23.6 Å². The number of carbonyl (C=O) groups is 3. The van der Waals surface area contributed by atoms with Crippen molar-refractivity contribution in [2.45, 2.75) is 94.4 Å². The van der Waals surface area contributed by atoms with Crippen LogP contribution in [0.4, 0.5) is 25.2 Å². The van der Waals surface area contributed by atoms with Crippen LogP contribution in [0, 0.1) is 11.6 Å². The maximum atomic E-state index is 15.3. The van der Waals surface area contributed by atoms with E-state index in [-0.39, 0.29) is 59.5 Å². The van der Waals surface area contributed by atoms with E-state index in [0.717, 1.165) is 57.8 Å². The summed E-state index contributed by atoms with van der Waals surface area (Å²) in [6, 6.07) is 16.8. The maximum absolute atomic E-state index is 15.3. The molecule has 4 aliphatic rings. The van der Waals surface area contributed by atoms with Crippen LogP contribution in [-0.2, 0) is 14.3 Å². The number of rotatable bonds is 9. The number of benzene rings is 2. The smallest absolute Gasteiger partial charge is 0.410 e. The normalized spacial score (nSPS) is 22.3. The molecule has 1 saturated carbocycles. The molecule has 15 heteroatoms. The molecule has 3 amide bonds. The Morgan fingerprint density at radius 3 is 2.34 bits per heavy atom. The molecule has 0 radical (unpaired) electrons. The van der Waals surface area contributed by atoms with Gasteiger partial charge in [-0.1, -0.05) is 24.3 Å². The molecule has 1 aliphatic carbocycles. The van der Waals surface area contributed by atoms with Gasteiger partial charge >= 0.3 is 6.09 Å². The third kappa shape index (κ3) is 9.04. The first-order valence-corrected chi connectivity index (χ1v) is 20.3. The second-order valence-electron chi connectivity index (χ2n) is 15.8. The fourth-order valence-electron chi connectivity index (χ4n) is 8.78. The number of piperidine rings is 3. The van der Waals surface area contributed by atoms with E-state index < -0.39 is 11.9 Å². The Morgan fingerprint density at radius 2 is 1.60 bits per heavy atom. The number of pyridine rings is 1. The molecule has 8 rings (SSSR count). The summed E-state index contributed by atoms with van der Waals surface area (Å²) < 4.78 is 37.6. The summed E-state index contributed by atoms with van der Waals surface area (Å²) in [5, 5.41) is 8.71. The summed E-state index contributed by atoms with van der Waals surface area (Å²) in [6.07, 6.45) is 9.27. The minimum Gasteiger partial charge on any atom is -0.446 e. The maximum Gasteiger partial charge on any atom is 0.410 e. The minimum absolute atomic E-state index is 0.0419. The fraction of sp³-hybridized carbons (Fsp3) is 0.442. The van der Waals surface area contributed by atoms with Crippen LogP contribution in [0.25, 0.3) is 16.9 Å². The average Bonchev–Trinajstić information content (AvgIpc) is 3.24. The summed E-state index contributed by atoms with van der Waals surface area (Å²) in [7, 11) is 0. The number of halogens is 2. The highest BCUT2D eigenvalue weighted by molar-refractivity contribution is 6.01. The molecule has 0 spiro atoms. The molecule has 2 aromatic heterocycles.